The van der Waals surface area contributed by atoms with Gasteiger partial charge in [0.05, 0.1) is 12.6 Å². The third-order valence-corrected chi connectivity index (χ3v) is 5.69. The summed E-state index contributed by atoms with van der Waals surface area (Å²) in [6, 6.07) is 5.11. The first-order chi connectivity index (χ1) is 15.0. The molecule has 0 bridgehead atoms. The van der Waals surface area contributed by atoms with Crippen LogP contribution in [0.3, 0.4) is 0 Å². The molecular formula is C25H33FN2O4. The number of esters is 1. The average Bonchev–Trinajstić information content (AvgIpc) is 3.01. The second-order valence-electron chi connectivity index (χ2n) is 8.19. The van der Waals surface area contributed by atoms with Crippen molar-refractivity contribution in [3.8, 4) is 0 Å². The maximum absolute atomic E-state index is 13.6. The van der Waals surface area contributed by atoms with Crippen LogP contribution in [0.25, 0.3) is 0 Å². The summed E-state index contributed by atoms with van der Waals surface area (Å²) in [5, 5.41) is 0. The van der Waals surface area contributed by atoms with E-state index in [1.165, 1.54) is 17.0 Å². The number of Topliss-reactive ketones (excluding diaryl/α,β-unsaturated/α-hetero) is 1. The Kier molecular flexibility index (Phi) is 8.36. The number of amides is 1. The van der Waals surface area contributed by atoms with E-state index in [0.717, 1.165) is 5.56 Å². The van der Waals surface area contributed by atoms with Crippen molar-refractivity contribution in [1.29, 1.82) is 0 Å². The molecule has 1 aromatic heterocycles. The Morgan fingerprint density at radius 1 is 1.06 bits per heavy atom. The minimum Gasteiger partial charge on any atom is -0.461 e. The van der Waals surface area contributed by atoms with Crippen molar-refractivity contribution in [1.82, 2.24) is 9.47 Å². The minimum atomic E-state index is -0.768. The molecule has 0 aliphatic rings. The summed E-state index contributed by atoms with van der Waals surface area (Å²) in [6.45, 7) is 13.3. The molecule has 6 nitrogen and oxygen atoms in total. The van der Waals surface area contributed by atoms with Crippen LogP contribution in [0, 0.1) is 25.6 Å². The molecule has 174 valence electrons. The van der Waals surface area contributed by atoms with Crippen LogP contribution in [0.5, 0.6) is 0 Å². The smallest absolute Gasteiger partial charge is 0.355 e. The topological polar surface area (TPSA) is 68.6 Å². The fraction of sp³-hybridized carbons (Fsp3) is 0.480. The third kappa shape index (κ3) is 5.09. The molecule has 32 heavy (non-hydrogen) atoms. The molecule has 1 heterocycles. The van der Waals surface area contributed by atoms with E-state index in [1.807, 2.05) is 6.92 Å². The molecule has 2 rings (SSSR count). The quantitative estimate of drug-likeness (QED) is 0.415. The van der Waals surface area contributed by atoms with E-state index in [4.69, 9.17) is 4.74 Å². The van der Waals surface area contributed by atoms with Crippen LogP contribution >= 0.6 is 0 Å². The largest absolute Gasteiger partial charge is 0.461 e. The average molecular weight is 445 g/mol. The summed E-state index contributed by atoms with van der Waals surface area (Å²) in [6.07, 6.45) is 0. The van der Waals surface area contributed by atoms with Crippen molar-refractivity contribution in [2.24, 2.45) is 5.92 Å². The predicted octanol–water partition coefficient (Wildman–Crippen LogP) is 4.70. The number of benzene rings is 1. The Labute approximate surface area is 189 Å². The highest BCUT2D eigenvalue weighted by Crippen LogP contribution is 2.26. The fourth-order valence-electron chi connectivity index (χ4n) is 3.99. The second-order valence-corrected chi connectivity index (χ2v) is 8.19. The van der Waals surface area contributed by atoms with Crippen LogP contribution in [0.1, 0.15) is 72.3 Å². The number of hydrogen-bond donors (Lipinski definition) is 0. The first kappa shape index (κ1) is 25.3. The number of carbonyl (C=O) groups excluding carboxylic acids is 3. The lowest BCUT2D eigenvalue weighted by Gasteiger charge is -2.30. The molecule has 7 heteroatoms. The highest BCUT2D eigenvalue weighted by molar-refractivity contribution is 6.06. The highest BCUT2D eigenvalue weighted by Gasteiger charge is 2.33. The summed E-state index contributed by atoms with van der Waals surface area (Å²) in [7, 11) is 0. The number of carbonyl (C=O) groups is 3. The van der Waals surface area contributed by atoms with Gasteiger partial charge in [0.25, 0.3) is 0 Å². The van der Waals surface area contributed by atoms with Crippen molar-refractivity contribution in [3.63, 3.8) is 0 Å². The third-order valence-electron chi connectivity index (χ3n) is 5.69. The molecule has 0 saturated carbocycles. The number of rotatable bonds is 9. The lowest BCUT2D eigenvalue weighted by atomic mass is 9.98. The Hall–Kier alpha value is -2.96. The van der Waals surface area contributed by atoms with Crippen LogP contribution in [0.4, 0.5) is 4.39 Å². The van der Waals surface area contributed by atoms with Crippen LogP contribution in [0.2, 0.25) is 0 Å². The van der Waals surface area contributed by atoms with E-state index in [0.29, 0.717) is 29.1 Å². The van der Waals surface area contributed by atoms with Gasteiger partial charge in [-0.15, -0.1) is 0 Å². The predicted molar refractivity (Wildman–Crippen MR) is 121 cm³/mol. The lowest BCUT2D eigenvalue weighted by Crippen LogP contribution is -2.45. The molecule has 0 aliphatic carbocycles. The van der Waals surface area contributed by atoms with Crippen LogP contribution in [-0.4, -0.2) is 39.8 Å². The van der Waals surface area contributed by atoms with E-state index in [-0.39, 0.29) is 36.6 Å². The zero-order valence-electron chi connectivity index (χ0n) is 20.0. The van der Waals surface area contributed by atoms with Crippen molar-refractivity contribution >= 4 is 17.7 Å². The maximum Gasteiger partial charge on any atom is 0.355 e. The minimum absolute atomic E-state index is 0.175. The second kappa shape index (κ2) is 10.6. The molecule has 0 spiro atoms. The molecule has 2 aromatic rings. The molecule has 0 N–H and O–H groups in total. The van der Waals surface area contributed by atoms with Crippen molar-refractivity contribution in [2.75, 3.05) is 6.61 Å². The Bertz CT molecular complexity index is 992. The monoisotopic (exact) mass is 444 g/mol. The lowest BCUT2D eigenvalue weighted by molar-refractivity contribution is -0.136. The number of ether oxygens (including phenoxy) is 1. The summed E-state index contributed by atoms with van der Waals surface area (Å²) in [4.78, 5) is 40.7. The standard InChI is InChI=1S/C25H33FN2O4/c1-8-27-17(6)21(16(5)22(27)25(31)32-9-2)23(29)18(7)28(24(30)15(3)4)14-19-10-12-20(26)13-11-19/h10-13,15,18H,8-9,14H2,1-7H3. The zero-order chi connectivity index (χ0) is 24.2. The first-order valence-electron chi connectivity index (χ1n) is 11.0. The molecule has 0 aliphatic heterocycles. The van der Waals surface area contributed by atoms with Crippen LogP contribution in [0.15, 0.2) is 24.3 Å². The molecule has 0 saturated heterocycles. The van der Waals surface area contributed by atoms with E-state index in [1.54, 1.807) is 58.2 Å². The number of nitrogens with zero attached hydrogens (tertiary/aromatic N) is 2. The molecular weight excluding hydrogens is 411 g/mol. The van der Waals surface area contributed by atoms with Gasteiger partial charge in [0.1, 0.15) is 11.5 Å². The van der Waals surface area contributed by atoms with Gasteiger partial charge in [-0.25, -0.2) is 9.18 Å². The van der Waals surface area contributed by atoms with Crippen molar-refractivity contribution in [3.05, 3.63) is 58.2 Å². The van der Waals surface area contributed by atoms with Gasteiger partial charge in [-0.3, -0.25) is 9.59 Å². The van der Waals surface area contributed by atoms with Crippen LogP contribution in [-0.2, 0) is 22.6 Å². The molecule has 0 fully saturated rings. The van der Waals surface area contributed by atoms with E-state index in [9.17, 15) is 18.8 Å². The van der Waals surface area contributed by atoms with Gasteiger partial charge < -0.3 is 14.2 Å². The number of ketones is 1. The SMILES string of the molecule is CCOC(=O)c1c(C)c(C(=O)C(C)N(Cc2ccc(F)cc2)C(=O)C(C)C)c(C)n1CC. The van der Waals surface area contributed by atoms with Crippen molar-refractivity contribution in [2.45, 2.75) is 67.6 Å². The summed E-state index contributed by atoms with van der Waals surface area (Å²) < 4.78 is 20.3. The normalized spacial score (nSPS) is 12.0. The molecule has 0 radical (unpaired) electrons. The number of aromatic nitrogens is 1. The Morgan fingerprint density at radius 3 is 2.16 bits per heavy atom. The Morgan fingerprint density at radius 2 is 1.66 bits per heavy atom. The van der Waals surface area contributed by atoms with Gasteiger partial charge in [0, 0.05) is 30.3 Å². The van der Waals surface area contributed by atoms with Gasteiger partial charge in [-0.1, -0.05) is 26.0 Å². The number of halogens is 1. The Balaban J connectivity index is 2.49. The number of hydrogen-bond acceptors (Lipinski definition) is 4. The first-order valence-corrected chi connectivity index (χ1v) is 11.0. The summed E-state index contributed by atoms with van der Waals surface area (Å²) >= 11 is 0. The van der Waals surface area contributed by atoms with Gasteiger partial charge in [-0.05, 0) is 57.9 Å². The van der Waals surface area contributed by atoms with Gasteiger partial charge in [0.15, 0.2) is 5.78 Å². The van der Waals surface area contributed by atoms with E-state index >= 15 is 0 Å². The molecule has 1 aromatic carbocycles. The van der Waals surface area contributed by atoms with Crippen molar-refractivity contribution < 1.29 is 23.5 Å². The maximum atomic E-state index is 13.6. The molecule has 1 unspecified atom stereocenters. The van der Waals surface area contributed by atoms with E-state index < -0.39 is 12.0 Å². The van der Waals surface area contributed by atoms with Gasteiger partial charge in [-0.2, -0.15) is 0 Å². The van der Waals surface area contributed by atoms with E-state index in [2.05, 4.69) is 0 Å². The summed E-state index contributed by atoms with van der Waals surface area (Å²) in [5.74, 6) is -1.57. The highest BCUT2D eigenvalue weighted by atomic mass is 19.1. The van der Waals surface area contributed by atoms with Gasteiger partial charge in [0.2, 0.25) is 5.91 Å². The molecule has 1 amide bonds. The fourth-order valence-corrected chi connectivity index (χ4v) is 3.99. The van der Waals surface area contributed by atoms with Gasteiger partial charge >= 0.3 is 5.97 Å². The molecule has 1 atom stereocenters. The van der Waals surface area contributed by atoms with Crippen LogP contribution < -0.4 is 0 Å². The zero-order valence-corrected chi connectivity index (χ0v) is 20.0. The summed E-state index contributed by atoms with van der Waals surface area (Å²) in [5.41, 5.74) is 2.75.